The molecule has 0 amide bonds. The molecule has 1 aromatic heterocycles. The number of nitrogens with zero attached hydrogens (tertiary/aromatic N) is 2. The molecule has 1 aliphatic rings. The predicted octanol–water partition coefficient (Wildman–Crippen LogP) is 1.21. The summed E-state index contributed by atoms with van der Waals surface area (Å²) >= 11 is 0. The van der Waals surface area contributed by atoms with Crippen molar-refractivity contribution in [3.63, 3.8) is 0 Å². The highest BCUT2D eigenvalue weighted by Gasteiger charge is 2.25. The maximum Gasteiger partial charge on any atom is 0.343 e. The number of hydrogen-bond acceptors (Lipinski definition) is 3. The van der Waals surface area contributed by atoms with E-state index in [-0.39, 0.29) is 5.69 Å². The third-order valence-electron chi connectivity index (χ3n) is 3.78. The summed E-state index contributed by atoms with van der Waals surface area (Å²) in [7, 11) is 0. The summed E-state index contributed by atoms with van der Waals surface area (Å²) in [5, 5.41) is 6.78. The maximum atomic E-state index is 11.6. The number of H-pyrrole nitrogens is 1. The zero-order chi connectivity index (χ0) is 12.3. The molecule has 1 aliphatic carbocycles. The Hall–Kier alpha value is -1.10. The zero-order valence-corrected chi connectivity index (χ0v) is 10.5. The van der Waals surface area contributed by atoms with Gasteiger partial charge in [0.25, 0.3) is 0 Å². The quantitative estimate of drug-likeness (QED) is 0.828. The van der Waals surface area contributed by atoms with Crippen LogP contribution in [0.1, 0.15) is 50.8 Å². The molecule has 0 aromatic carbocycles. The lowest BCUT2D eigenvalue weighted by Crippen LogP contribution is -2.24. The Morgan fingerprint density at radius 2 is 2.12 bits per heavy atom. The molecular weight excluding hydrogens is 216 g/mol. The normalized spacial score (nSPS) is 25.1. The summed E-state index contributed by atoms with van der Waals surface area (Å²) in [4.78, 5) is 11.6. The van der Waals surface area contributed by atoms with Gasteiger partial charge in [-0.3, -0.25) is 4.57 Å². The number of aromatic nitrogens is 3. The van der Waals surface area contributed by atoms with Crippen molar-refractivity contribution >= 4 is 0 Å². The topological polar surface area (TPSA) is 76.7 Å². The second kappa shape index (κ2) is 5.49. The molecule has 3 N–H and O–H groups in total. The lowest BCUT2D eigenvalue weighted by molar-refractivity contribution is 0.319. The van der Waals surface area contributed by atoms with E-state index in [4.69, 9.17) is 5.73 Å². The molecule has 0 radical (unpaired) electrons. The Morgan fingerprint density at radius 1 is 1.41 bits per heavy atom. The molecule has 5 heteroatoms. The SMILES string of the molecule is CCCn1c(C2CCC(CN)CC2)n[nH]c1=O. The van der Waals surface area contributed by atoms with Crippen molar-refractivity contribution in [3.8, 4) is 0 Å². The molecule has 1 aromatic rings. The van der Waals surface area contributed by atoms with E-state index in [0.717, 1.165) is 51.0 Å². The number of nitrogens with two attached hydrogens (primary N) is 1. The molecule has 0 aliphatic heterocycles. The summed E-state index contributed by atoms with van der Waals surface area (Å²) in [5.74, 6) is 2.05. The highest BCUT2D eigenvalue weighted by Crippen LogP contribution is 2.33. The van der Waals surface area contributed by atoms with Crippen molar-refractivity contribution in [3.05, 3.63) is 16.3 Å². The van der Waals surface area contributed by atoms with Crippen LogP contribution in [0.5, 0.6) is 0 Å². The van der Waals surface area contributed by atoms with Crippen LogP contribution in [-0.4, -0.2) is 21.3 Å². The van der Waals surface area contributed by atoms with Gasteiger partial charge in [-0.15, -0.1) is 0 Å². The van der Waals surface area contributed by atoms with E-state index in [1.165, 1.54) is 0 Å². The fraction of sp³-hybridized carbons (Fsp3) is 0.833. The highest BCUT2D eigenvalue weighted by molar-refractivity contribution is 4.99. The molecule has 1 heterocycles. The van der Waals surface area contributed by atoms with Crippen molar-refractivity contribution in [1.82, 2.24) is 14.8 Å². The summed E-state index contributed by atoms with van der Waals surface area (Å²) in [6, 6.07) is 0. The minimum atomic E-state index is -0.0669. The van der Waals surface area contributed by atoms with E-state index >= 15 is 0 Å². The molecule has 17 heavy (non-hydrogen) atoms. The van der Waals surface area contributed by atoms with Crippen LogP contribution < -0.4 is 11.4 Å². The maximum absolute atomic E-state index is 11.6. The largest absolute Gasteiger partial charge is 0.343 e. The molecule has 0 spiro atoms. The predicted molar refractivity (Wildman–Crippen MR) is 66.9 cm³/mol. The Morgan fingerprint density at radius 3 is 2.71 bits per heavy atom. The van der Waals surface area contributed by atoms with Gasteiger partial charge in [-0.1, -0.05) is 6.92 Å². The molecule has 0 unspecified atom stereocenters. The number of rotatable bonds is 4. The van der Waals surface area contributed by atoms with Gasteiger partial charge in [-0.25, -0.2) is 9.89 Å². The first kappa shape index (κ1) is 12.4. The van der Waals surface area contributed by atoms with Gasteiger partial charge in [0.05, 0.1) is 0 Å². The van der Waals surface area contributed by atoms with Crippen LogP contribution in [0.4, 0.5) is 0 Å². The van der Waals surface area contributed by atoms with Crippen molar-refractivity contribution < 1.29 is 0 Å². The Bertz CT molecular complexity index is 401. The molecule has 0 bridgehead atoms. The summed E-state index contributed by atoms with van der Waals surface area (Å²) in [6.07, 6.45) is 5.50. The highest BCUT2D eigenvalue weighted by atomic mass is 16.1. The molecule has 2 rings (SSSR count). The first-order valence-electron chi connectivity index (χ1n) is 6.61. The van der Waals surface area contributed by atoms with Gasteiger partial charge in [0.1, 0.15) is 5.82 Å². The molecule has 0 atom stereocenters. The Balaban J connectivity index is 2.10. The standard InChI is InChI=1S/C12H22N4O/c1-2-7-16-11(14-15-12(16)17)10-5-3-9(8-13)4-6-10/h9-10H,2-8,13H2,1H3,(H,15,17). The van der Waals surface area contributed by atoms with E-state index in [1.54, 1.807) is 4.57 Å². The van der Waals surface area contributed by atoms with Gasteiger partial charge in [-0.05, 0) is 44.6 Å². The molecule has 1 fully saturated rings. The number of hydrogen-bond donors (Lipinski definition) is 2. The van der Waals surface area contributed by atoms with Crippen molar-refractivity contribution in [2.75, 3.05) is 6.54 Å². The molecule has 0 saturated heterocycles. The monoisotopic (exact) mass is 238 g/mol. The van der Waals surface area contributed by atoms with E-state index in [0.29, 0.717) is 11.8 Å². The molecule has 1 saturated carbocycles. The van der Waals surface area contributed by atoms with Crippen LogP contribution >= 0.6 is 0 Å². The zero-order valence-electron chi connectivity index (χ0n) is 10.5. The minimum absolute atomic E-state index is 0.0669. The Labute approximate surface area is 101 Å². The first-order chi connectivity index (χ1) is 8.26. The molecule has 5 nitrogen and oxygen atoms in total. The minimum Gasteiger partial charge on any atom is -0.330 e. The van der Waals surface area contributed by atoms with Crippen LogP contribution in [0.2, 0.25) is 0 Å². The van der Waals surface area contributed by atoms with E-state index in [9.17, 15) is 4.79 Å². The van der Waals surface area contributed by atoms with E-state index < -0.39 is 0 Å². The van der Waals surface area contributed by atoms with Gasteiger partial charge >= 0.3 is 5.69 Å². The summed E-state index contributed by atoms with van der Waals surface area (Å²) in [5.41, 5.74) is 5.63. The number of nitrogens with one attached hydrogen (secondary N) is 1. The van der Waals surface area contributed by atoms with Crippen LogP contribution in [0.3, 0.4) is 0 Å². The average Bonchev–Trinajstić information content (AvgIpc) is 2.72. The second-order valence-electron chi connectivity index (χ2n) is 4.99. The van der Waals surface area contributed by atoms with Gasteiger partial charge in [0.15, 0.2) is 0 Å². The van der Waals surface area contributed by atoms with Crippen LogP contribution in [-0.2, 0) is 6.54 Å². The molecule has 96 valence electrons. The van der Waals surface area contributed by atoms with Crippen LogP contribution in [0.25, 0.3) is 0 Å². The van der Waals surface area contributed by atoms with Crippen LogP contribution in [0.15, 0.2) is 4.79 Å². The van der Waals surface area contributed by atoms with Crippen LogP contribution in [0, 0.1) is 5.92 Å². The average molecular weight is 238 g/mol. The summed E-state index contributed by atoms with van der Waals surface area (Å²) < 4.78 is 1.80. The smallest absolute Gasteiger partial charge is 0.330 e. The van der Waals surface area contributed by atoms with Gasteiger partial charge in [0, 0.05) is 12.5 Å². The molecular formula is C12H22N4O. The van der Waals surface area contributed by atoms with E-state index in [2.05, 4.69) is 17.1 Å². The lowest BCUT2D eigenvalue weighted by atomic mass is 9.81. The number of aromatic amines is 1. The third kappa shape index (κ3) is 2.60. The van der Waals surface area contributed by atoms with Gasteiger partial charge in [-0.2, -0.15) is 5.10 Å². The van der Waals surface area contributed by atoms with Crippen molar-refractivity contribution in [2.45, 2.75) is 51.5 Å². The lowest BCUT2D eigenvalue weighted by Gasteiger charge is -2.27. The fourth-order valence-electron chi connectivity index (χ4n) is 2.74. The fourth-order valence-corrected chi connectivity index (χ4v) is 2.74. The van der Waals surface area contributed by atoms with E-state index in [1.807, 2.05) is 0 Å². The van der Waals surface area contributed by atoms with Gasteiger partial charge < -0.3 is 5.73 Å². The first-order valence-corrected chi connectivity index (χ1v) is 6.61. The van der Waals surface area contributed by atoms with Crippen molar-refractivity contribution in [1.29, 1.82) is 0 Å². The summed E-state index contributed by atoms with van der Waals surface area (Å²) in [6.45, 7) is 3.63. The van der Waals surface area contributed by atoms with Crippen molar-refractivity contribution in [2.24, 2.45) is 11.7 Å². The third-order valence-corrected chi connectivity index (χ3v) is 3.78. The second-order valence-corrected chi connectivity index (χ2v) is 4.99. The Kier molecular flexibility index (Phi) is 3.99. The van der Waals surface area contributed by atoms with Gasteiger partial charge in [0.2, 0.25) is 0 Å².